The van der Waals surface area contributed by atoms with Crippen LogP contribution in [0.1, 0.15) is 33.1 Å². The first-order valence-corrected chi connectivity index (χ1v) is 6.32. The Kier molecular flexibility index (Phi) is 3.64. The van der Waals surface area contributed by atoms with Crippen molar-refractivity contribution in [1.82, 2.24) is 4.90 Å². The molecule has 1 saturated heterocycles. The molecule has 2 aliphatic rings. The molecule has 0 aliphatic carbocycles. The Labute approximate surface area is 97.5 Å². The molecule has 2 rings (SSSR count). The predicted octanol–water partition coefficient (Wildman–Crippen LogP) is 1.98. The van der Waals surface area contributed by atoms with Crippen LogP contribution in [0.25, 0.3) is 0 Å². The Hall–Kier alpha value is -0.830. The van der Waals surface area contributed by atoms with Gasteiger partial charge in [-0.1, -0.05) is 25.0 Å². The molecule has 1 atom stereocenters. The number of hydrogen-bond acceptors (Lipinski definition) is 2. The molecule has 0 aromatic rings. The minimum absolute atomic E-state index is 0.120. The van der Waals surface area contributed by atoms with E-state index < -0.39 is 0 Å². The van der Waals surface area contributed by atoms with Gasteiger partial charge in [-0.2, -0.15) is 0 Å². The van der Waals surface area contributed by atoms with E-state index in [-0.39, 0.29) is 5.92 Å². The van der Waals surface area contributed by atoms with Crippen LogP contribution in [0.2, 0.25) is 0 Å². The van der Waals surface area contributed by atoms with Crippen LogP contribution in [0.15, 0.2) is 11.1 Å². The molecule has 0 radical (unpaired) electrons. The van der Waals surface area contributed by atoms with Gasteiger partial charge < -0.3 is 9.64 Å². The quantitative estimate of drug-likeness (QED) is 0.685. The highest BCUT2D eigenvalue weighted by Gasteiger charge is 2.31. The van der Waals surface area contributed by atoms with Crippen LogP contribution in [-0.4, -0.2) is 37.1 Å². The van der Waals surface area contributed by atoms with Gasteiger partial charge >= 0.3 is 0 Å². The largest absolute Gasteiger partial charge is 0.381 e. The van der Waals surface area contributed by atoms with E-state index in [9.17, 15) is 4.79 Å². The normalized spacial score (nSPS) is 25.6. The van der Waals surface area contributed by atoms with Gasteiger partial charge in [-0.15, -0.1) is 0 Å². The first kappa shape index (κ1) is 11.6. The lowest BCUT2D eigenvalue weighted by molar-refractivity contribution is -0.134. The number of nitrogens with zero attached hydrogens (tertiary/aromatic N) is 1. The maximum atomic E-state index is 12.2. The molecule has 1 amide bonds. The molecule has 2 aliphatic heterocycles. The topological polar surface area (TPSA) is 29.5 Å². The van der Waals surface area contributed by atoms with Crippen molar-refractivity contribution in [1.29, 1.82) is 0 Å². The maximum Gasteiger partial charge on any atom is 0.228 e. The van der Waals surface area contributed by atoms with Crippen molar-refractivity contribution >= 4 is 5.91 Å². The highest BCUT2D eigenvalue weighted by Crippen LogP contribution is 2.25. The van der Waals surface area contributed by atoms with E-state index in [0.29, 0.717) is 12.5 Å². The number of amides is 1. The number of ether oxygens (including phenoxy) is 1. The van der Waals surface area contributed by atoms with Crippen molar-refractivity contribution in [2.75, 3.05) is 26.3 Å². The minimum Gasteiger partial charge on any atom is -0.381 e. The van der Waals surface area contributed by atoms with Gasteiger partial charge in [0.25, 0.3) is 0 Å². The summed E-state index contributed by atoms with van der Waals surface area (Å²) in [5.74, 6) is 0.418. The molecule has 0 aromatic carbocycles. The van der Waals surface area contributed by atoms with Crippen LogP contribution in [0.3, 0.4) is 0 Å². The minimum atomic E-state index is 0.120. The molecule has 1 unspecified atom stereocenters. The van der Waals surface area contributed by atoms with Gasteiger partial charge in [-0.3, -0.25) is 4.79 Å². The standard InChI is InChI=1S/C13H21NO2/c1-3-10-7-14(8-11(10)4-2)13(15)12-5-6-16-9-12/h12H,3-9H2,1-2H3. The van der Waals surface area contributed by atoms with Gasteiger partial charge in [-0.25, -0.2) is 0 Å². The Bertz CT molecular complexity index is 287. The SMILES string of the molecule is CCC1=C(CC)CN(C(=O)C2CCOC2)C1. The summed E-state index contributed by atoms with van der Waals surface area (Å²) in [5, 5.41) is 0. The fourth-order valence-electron chi connectivity index (χ4n) is 2.61. The Balaban J connectivity index is 1.96. The zero-order chi connectivity index (χ0) is 11.5. The molecule has 2 heterocycles. The van der Waals surface area contributed by atoms with Crippen molar-refractivity contribution in [2.24, 2.45) is 5.92 Å². The number of carbonyl (C=O) groups is 1. The summed E-state index contributed by atoms with van der Waals surface area (Å²) in [6.07, 6.45) is 3.06. The van der Waals surface area contributed by atoms with Crippen LogP contribution in [-0.2, 0) is 9.53 Å². The van der Waals surface area contributed by atoms with Crippen molar-refractivity contribution in [3.05, 3.63) is 11.1 Å². The van der Waals surface area contributed by atoms with Gasteiger partial charge in [0.2, 0.25) is 5.91 Å². The van der Waals surface area contributed by atoms with Crippen LogP contribution in [0.5, 0.6) is 0 Å². The average Bonchev–Trinajstić information content (AvgIpc) is 2.96. The maximum absolute atomic E-state index is 12.2. The van der Waals surface area contributed by atoms with E-state index in [0.717, 1.165) is 39.0 Å². The second kappa shape index (κ2) is 5.00. The van der Waals surface area contributed by atoms with E-state index in [1.807, 2.05) is 4.90 Å². The van der Waals surface area contributed by atoms with E-state index in [1.165, 1.54) is 11.1 Å². The molecule has 0 spiro atoms. The van der Waals surface area contributed by atoms with Gasteiger partial charge in [0.1, 0.15) is 0 Å². The summed E-state index contributed by atoms with van der Waals surface area (Å²) in [6, 6.07) is 0. The molecule has 3 nitrogen and oxygen atoms in total. The smallest absolute Gasteiger partial charge is 0.228 e. The molecule has 0 aromatic heterocycles. The second-order valence-electron chi connectivity index (χ2n) is 4.67. The summed E-state index contributed by atoms with van der Waals surface area (Å²) in [4.78, 5) is 14.2. The Morgan fingerprint density at radius 2 is 1.94 bits per heavy atom. The number of rotatable bonds is 3. The van der Waals surface area contributed by atoms with Gasteiger partial charge in [0.15, 0.2) is 0 Å². The van der Waals surface area contributed by atoms with Crippen LogP contribution in [0, 0.1) is 5.92 Å². The van der Waals surface area contributed by atoms with E-state index in [1.54, 1.807) is 0 Å². The molecular formula is C13H21NO2. The van der Waals surface area contributed by atoms with Crippen molar-refractivity contribution < 1.29 is 9.53 Å². The molecule has 90 valence electrons. The molecule has 1 fully saturated rings. The third-order valence-electron chi connectivity index (χ3n) is 3.71. The Morgan fingerprint density at radius 3 is 2.38 bits per heavy atom. The van der Waals surface area contributed by atoms with Gasteiger partial charge in [0, 0.05) is 19.7 Å². The second-order valence-corrected chi connectivity index (χ2v) is 4.67. The zero-order valence-corrected chi connectivity index (χ0v) is 10.3. The number of hydrogen-bond donors (Lipinski definition) is 0. The highest BCUT2D eigenvalue weighted by atomic mass is 16.5. The summed E-state index contributed by atoms with van der Waals surface area (Å²) in [7, 11) is 0. The van der Waals surface area contributed by atoms with Crippen molar-refractivity contribution in [2.45, 2.75) is 33.1 Å². The molecule has 0 bridgehead atoms. The molecule has 0 N–H and O–H groups in total. The van der Waals surface area contributed by atoms with Crippen LogP contribution >= 0.6 is 0 Å². The van der Waals surface area contributed by atoms with E-state index in [4.69, 9.17) is 4.74 Å². The third-order valence-corrected chi connectivity index (χ3v) is 3.71. The molecular weight excluding hydrogens is 202 g/mol. The van der Waals surface area contributed by atoms with Crippen molar-refractivity contribution in [3.63, 3.8) is 0 Å². The van der Waals surface area contributed by atoms with Crippen LogP contribution < -0.4 is 0 Å². The summed E-state index contributed by atoms with van der Waals surface area (Å²) < 4.78 is 5.28. The van der Waals surface area contributed by atoms with Crippen molar-refractivity contribution in [3.8, 4) is 0 Å². The summed E-state index contributed by atoms with van der Waals surface area (Å²) >= 11 is 0. The predicted molar refractivity (Wildman–Crippen MR) is 63.1 cm³/mol. The van der Waals surface area contributed by atoms with Crippen LogP contribution in [0.4, 0.5) is 0 Å². The lowest BCUT2D eigenvalue weighted by atomic mass is 10.1. The van der Waals surface area contributed by atoms with E-state index in [2.05, 4.69) is 13.8 Å². The third kappa shape index (κ3) is 2.14. The molecule has 3 heteroatoms. The fraction of sp³-hybridized carbons (Fsp3) is 0.769. The molecule has 16 heavy (non-hydrogen) atoms. The first-order valence-electron chi connectivity index (χ1n) is 6.32. The fourth-order valence-corrected chi connectivity index (χ4v) is 2.61. The average molecular weight is 223 g/mol. The van der Waals surface area contributed by atoms with E-state index >= 15 is 0 Å². The summed E-state index contributed by atoms with van der Waals surface area (Å²) in [5.41, 5.74) is 2.93. The monoisotopic (exact) mass is 223 g/mol. The lowest BCUT2D eigenvalue weighted by Gasteiger charge is -2.20. The highest BCUT2D eigenvalue weighted by molar-refractivity contribution is 5.80. The Morgan fingerprint density at radius 1 is 1.31 bits per heavy atom. The van der Waals surface area contributed by atoms with Gasteiger partial charge in [-0.05, 0) is 19.3 Å². The number of carbonyl (C=O) groups excluding carboxylic acids is 1. The van der Waals surface area contributed by atoms with Gasteiger partial charge in [0.05, 0.1) is 12.5 Å². The zero-order valence-electron chi connectivity index (χ0n) is 10.3. The lowest BCUT2D eigenvalue weighted by Crippen LogP contribution is -2.35. The summed E-state index contributed by atoms with van der Waals surface area (Å²) in [6.45, 7) is 7.44. The first-order chi connectivity index (χ1) is 7.76. The molecule has 0 saturated carbocycles.